The van der Waals surface area contributed by atoms with Crippen LogP contribution in [-0.4, -0.2) is 50.2 Å². The van der Waals surface area contributed by atoms with Crippen molar-refractivity contribution in [2.75, 3.05) is 19.6 Å². The summed E-state index contributed by atoms with van der Waals surface area (Å²) in [6, 6.07) is 3.58. The van der Waals surface area contributed by atoms with Crippen molar-refractivity contribution in [1.29, 1.82) is 0 Å². The van der Waals surface area contributed by atoms with Gasteiger partial charge in [0, 0.05) is 25.7 Å². The van der Waals surface area contributed by atoms with Crippen LogP contribution in [0, 0.1) is 20.8 Å². The summed E-state index contributed by atoms with van der Waals surface area (Å²) in [5.41, 5.74) is 2.53. The Bertz CT molecular complexity index is 857. The summed E-state index contributed by atoms with van der Waals surface area (Å²) in [7, 11) is -3.64. The molecule has 1 atom stereocenters. The number of rotatable bonds is 7. The number of hydrogen-bond acceptors (Lipinski definition) is 4. The highest BCUT2D eigenvalue weighted by molar-refractivity contribution is 7.89. The van der Waals surface area contributed by atoms with Crippen molar-refractivity contribution in [3.63, 3.8) is 0 Å². The summed E-state index contributed by atoms with van der Waals surface area (Å²) < 4.78 is 28.5. The van der Waals surface area contributed by atoms with Crippen LogP contribution in [0.25, 0.3) is 0 Å². The zero-order valence-corrected chi connectivity index (χ0v) is 18.3. The Morgan fingerprint density at radius 2 is 1.76 bits per heavy atom. The van der Waals surface area contributed by atoms with Crippen LogP contribution in [0.5, 0.6) is 0 Å². The van der Waals surface area contributed by atoms with E-state index in [1.165, 1.54) is 6.08 Å². The summed E-state index contributed by atoms with van der Waals surface area (Å²) in [5.74, 6) is -1.44. The zero-order chi connectivity index (χ0) is 21.6. The van der Waals surface area contributed by atoms with Crippen LogP contribution in [0.2, 0.25) is 0 Å². The number of carbonyl (C=O) groups excluding carboxylic acids is 2. The Morgan fingerprint density at radius 3 is 2.38 bits per heavy atom. The number of aryl methyl sites for hydroxylation is 3. The van der Waals surface area contributed by atoms with Gasteiger partial charge >= 0.3 is 11.8 Å². The molecule has 0 spiro atoms. The van der Waals surface area contributed by atoms with Gasteiger partial charge in [0.25, 0.3) is 0 Å². The summed E-state index contributed by atoms with van der Waals surface area (Å²) in [4.78, 5) is 23.8. The SMILES string of the molecule is C=CCNC(=O)C(=O)NCC[C@H]1CCCCN1S(=O)(=O)c1c(C)cc(C)cc1C. The fraction of sp³-hybridized carbons (Fsp3) is 0.524. The summed E-state index contributed by atoms with van der Waals surface area (Å²) in [6.45, 7) is 10.0. The molecule has 29 heavy (non-hydrogen) atoms. The lowest BCUT2D eigenvalue weighted by Crippen LogP contribution is -2.46. The van der Waals surface area contributed by atoms with Gasteiger partial charge in [0.05, 0.1) is 4.90 Å². The van der Waals surface area contributed by atoms with Gasteiger partial charge in [-0.15, -0.1) is 6.58 Å². The number of sulfonamides is 1. The van der Waals surface area contributed by atoms with Crippen molar-refractivity contribution in [2.45, 2.75) is 57.4 Å². The quantitative estimate of drug-likeness (QED) is 0.520. The van der Waals surface area contributed by atoms with E-state index < -0.39 is 21.8 Å². The third-order valence-electron chi connectivity index (χ3n) is 5.12. The largest absolute Gasteiger partial charge is 0.348 e. The van der Waals surface area contributed by atoms with E-state index in [1.807, 2.05) is 32.9 Å². The Labute approximate surface area is 173 Å². The predicted octanol–water partition coefficient (Wildman–Crippen LogP) is 1.96. The molecule has 0 aromatic heterocycles. The lowest BCUT2D eigenvalue weighted by molar-refractivity contribution is -0.139. The molecule has 1 aromatic rings. The zero-order valence-electron chi connectivity index (χ0n) is 17.5. The first-order valence-electron chi connectivity index (χ1n) is 9.95. The number of hydrogen-bond donors (Lipinski definition) is 2. The smallest absolute Gasteiger partial charge is 0.309 e. The van der Waals surface area contributed by atoms with Gasteiger partial charge in [-0.3, -0.25) is 9.59 Å². The third kappa shape index (κ3) is 5.67. The topological polar surface area (TPSA) is 95.6 Å². The number of benzene rings is 1. The standard InChI is InChI=1S/C21H31N3O4S/c1-5-10-22-20(25)21(26)23-11-9-18-8-6-7-12-24(18)29(27,28)19-16(3)13-15(2)14-17(19)4/h5,13-14,18H,1,6-12H2,2-4H3,(H,22,25)(H,23,26)/t18-/m1/s1. The molecule has 160 valence electrons. The highest BCUT2D eigenvalue weighted by Gasteiger charge is 2.35. The predicted molar refractivity (Wildman–Crippen MR) is 113 cm³/mol. The fourth-order valence-electron chi connectivity index (χ4n) is 3.95. The van der Waals surface area contributed by atoms with E-state index >= 15 is 0 Å². The Kier molecular flexibility index (Phi) is 7.98. The van der Waals surface area contributed by atoms with Crippen LogP contribution in [0.1, 0.15) is 42.4 Å². The van der Waals surface area contributed by atoms with E-state index in [0.717, 1.165) is 36.0 Å². The first-order valence-corrected chi connectivity index (χ1v) is 11.4. The molecule has 0 radical (unpaired) electrons. The van der Waals surface area contributed by atoms with Gasteiger partial charge < -0.3 is 10.6 Å². The molecule has 0 saturated carbocycles. The number of nitrogens with one attached hydrogen (secondary N) is 2. The summed E-state index contributed by atoms with van der Waals surface area (Å²) >= 11 is 0. The fourth-order valence-corrected chi connectivity index (χ4v) is 6.09. The molecule has 0 aliphatic carbocycles. The average Bonchev–Trinajstić information content (AvgIpc) is 2.65. The van der Waals surface area contributed by atoms with Crippen LogP contribution in [0.4, 0.5) is 0 Å². The number of nitrogens with zero attached hydrogens (tertiary/aromatic N) is 1. The van der Waals surface area contributed by atoms with Crippen LogP contribution in [0.3, 0.4) is 0 Å². The molecule has 1 aromatic carbocycles. The van der Waals surface area contributed by atoms with Gasteiger partial charge in [0.1, 0.15) is 0 Å². The minimum Gasteiger partial charge on any atom is -0.348 e. The Morgan fingerprint density at radius 1 is 1.14 bits per heavy atom. The monoisotopic (exact) mass is 421 g/mol. The second-order valence-corrected chi connectivity index (χ2v) is 9.36. The van der Waals surface area contributed by atoms with Crippen LogP contribution < -0.4 is 10.6 Å². The maximum atomic E-state index is 13.4. The van der Waals surface area contributed by atoms with Crippen molar-refractivity contribution in [3.8, 4) is 0 Å². The van der Waals surface area contributed by atoms with E-state index in [4.69, 9.17) is 0 Å². The molecule has 7 nitrogen and oxygen atoms in total. The number of piperidine rings is 1. The van der Waals surface area contributed by atoms with E-state index in [0.29, 0.717) is 17.9 Å². The van der Waals surface area contributed by atoms with Gasteiger partial charge in [-0.05, 0) is 51.2 Å². The highest BCUT2D eigenvalue weighted by atomic mass is 32.2. The number of carbonyl (C=O) groups is 2. The van der Waals surface area contributed by atoms with E-state index in [1.54, 1.807) is 4.31 Å². The first-order chi connectivity index (χ1) is 13.7. The molecule has 0 unspecified atom stereocenters. The van der Waals surface area contributed by atoms with Crippen molar-refractivity contribution in [2.24, 2.45) is 0 Å². The normalized spacial score (nSPS) is 17.6. The molecule has 1 aliphatic heterocycles. The third-order valence-corrected chi connectivity index (χ3v) is 7.38. The van der Waals surface area contributed by atoms with E-state index in [9.17, 15) is 18.0 Å². The second-order valence-electron chi connectivity index (χ2n) is 7.54. The maximum Gasteiger partial charge on any atom is 0.309 e. The molecule has 2 N–H and O–H groups in total. The number of amides is 2. The van der Waals surface area contributed by atoms with E-state index in [2.05, 4.69) is 17.2 Å². The van der Waals surface area contributed by atoms with Crippen molar-refractivity contribution in [3.05, 3.63) is 41.5 Å². The van der Waals surface area contributed by atoms with Crippen molar-refractivity contribution in [1.82, 2.24) is 14.9 Å². The Hall–Kier alpha value is -2.19. The van der Waals surface area contributed by atoms with Crippen LogP contribution >= 0.6 is 0 Å². The second kappa shape index (κ2) is 10.0. The molecular weight excluding hydrogens is 390 g/mol. The highest BCUT2D eigenvalue weighted by Crippen LogP contribution is 2.31. The van der Waals surface area contributed by atoms with Gasteiger partial charge in [0.2, 0.25) is 10.0 Å². The lowest BCUT2D eigenvalue weighted by Gasteiger charge is -2.35. The minimum absolute atomic E-state index is 0.203. The van der Waals surface area contributed by atoms with E-state index in [-0.39, 0.29) is 19.1 Å². The molecule has 1 fully saturated rings. The summed E-state index contributed by atoms with van der Waals surface area (Å²) in [5, 5.41) is 4.99. The molecule has 1 aliphatic rings. The van der Waals surface area contributed by atoms with Crippen LogP contribution in [0.15, 0.2) is 29.7 Å². The average molecular weight is 422 g/mol. The van der Waals surface area contributed by atoms with Crippen molar-refractivity contribution < 1.29 is 18.0 Å². The molecule has 1 heterocycles. The van der Waals surface area contributed by atoms with Gasteiger partial charge in [-0.25, -0.2) is 8.42 Å². The lowest BCUT2D eigenvalue weighted by atomic mass is 10.0. The minimum atomic E-state index is -3.64. The van der Waals surface area contributed by atoms with Gasteiger partial charge in [0.15, 0.2) is 0 Å². The van der Waals surface area contributed by atoms with Crippen LogP contribution in [-0.2, 0) is 19.6 Å². The summed E-state index contributed by atoms with van der Waals surface area (Å²) in [6.07, 6.45) is 4.45. The Balaban J connectivity index is 2.10. The van der Waals surface area contributed by atoms with Gasteiger partial charge in [-0.2, -0.15) is 4.31 Å². The van der Waals surface area contributed by atoms with Gasteiger partial charge in [-0.1, -0.05) is 30.2 Å². The molecule has 2 rings (SSSR count). The maximum absolute atomic E-state index is 13.4. The molecule has 2 amide bonds. The molecular formula is C21H31N3O4S. The first kappa shape index (κ1) is 23.1. The molecule has 0 bridgehead atoms. The van der Waals surface area contributed by atoms with Crippen molar-refractivity contribution >= 4 is 21.8 Å². The molecule has 8 heteroatoms. The molecule has 1 saturated heterocycles.